The van der Waals surface area contributed by atoms with E-state index in [2.05, 4.69) is 5.32 Å². The Morgan fingerprint density at radius 1 is 0.822 bits per heavy atom. The van der Waals surface area contributed by atoms with Crippen molar-refractivity contribution in [3.63, 3.8) is 0 Å². The summed E-state index contributed by atoms with van der Waals surface area (Å²) in [5.41, 5.74) is 2.21. The summed E-state index contributed by atoms with van der Waals surface area (Å²) in [6.07, 6.45) is 3.95. The van der Waals surface area contributed by atoms with Crippen LogP contribution in [0.1, 0.15) is 43.7 Å². The van der Waals surface area contributed by atoms with Crippen LogP contribution >= 0.6 is 0 Å². The average molecular weight is 626 g/mol. The summed E-state index contributed by atoms with van der Waals surface area (Å²) in [6, 6.07) is 30.9. The normalized spacial score (nSPS) is 14.0. The average Bonchev–Trinajstić information content (AvgIpc) is 3.57. The maximum absolute atomic E-state index is 14.2. The van der Waals surface area contributed by atoms with Gasteiger partial charge < -0.3 is 15.0 Å². The second-order valence-electron chi connectivity index (χ2n) is 11.4. The van der Waals surface area contributed by atoms with E-state index >= 15 is 0 Å². The van der Waals surface area contributed by atoms with E-state index in [-0.39, 0.29) is 23.4 Å². The van der Waals surface area contributed by atoms with Gasteiger partial charge in [-0.1, -0.05) is 79.1 Å². The number of nitrogens with zero attached hydrogens (tertiary/aromatic N) is 2. The molecule has 2 amide bonds. The molecule has 4 aromatic rings. The van der Waals surface area contributed by atoms with Crippen molar-refractivity contribution >= 4 is 27.5 Å². The molecule has 1 saturated carbocycles. The lowest BCUT2D eigenvalue weighted by Crippen LogP contribution is -2.52. The summed E-state index contributed by atoms with van der Waals surface area (Å²) in [5.74, 6) is 0.424. The van der Waals surface area contributed by atoms with Crippen LogP contribution in [0.4, 0.5) is 5.69 Å². The number of nitrogens with one attached hydrogen (secondary N) is 1. The maximum Gasteiger partial charge on any atom is 0.264 e. The Morgan fingerprint density at radius 3 is 2.02 bits per heavy atom. The summed E-state index contributed by atoms with van der Waals surface area (Å²) in [7, 11) is -4.15. The Balaban J connectivity index is 1.45. The van der Waals surface area contributed by atoms with Crippen molar-refractivity contribution in [1.29, 1.82) is 0 Å². The molecule has 0 aliphatic heterocycles. The highest BCUT2D eigenvalue weighted by Crippen LogP contribution is 2.29. The fourth-order valence-electron chi connectivity index (χ4n) is 5.42. The predicted molar refractivity (Wildman–Crippen MR) is 176 cm³/mol. The van der Waals surface area contributed by atoms with Gasteiger partial charge in [-0.2, -0.15) is 0 Å². The lowest BCUT2D eigenvalue weighted by atomic mass is 10.1. The topological polar surface area (TPSA) is 96.0 Å². The van der Waals surface area contributed by atoms with Crippen LogP contribution in [-0.4, -0.2) is 43.8 Å². The van der Waals surface area contributed by atoms with Crippen molar-refractivity contribution < 1.29 is 22.7 Å². The summed E-state index contributed by atoms with van der Waals surface area (Å²) in [5, 5.41) is 3.10. The van der Waals surface area contributed by atoms with E-state index in [0.717, 1.165) is 41.1 Å². The summed E-state index contributed by atoms with van der Waals surface area (Å²) < 4.78 is 35.1. The minimum atomic E-state index is -4.15. The minimum absolute atomic E-state index is 0.0551. The van der Waals surface area contributed by atoms with E-state index < -0.39 is 28.5 Å². The molecule has 1 aliphatic rings. The number of para-hydroxylation sites is 1. The van der Waals surface area contributed by atoms with E-state index in [0.29, 0.717) is 17.2 Å². The quantitative estimate of drug-likeness (QED) is 0.195. The number of hydrogen-bond acceptors (Lipinski definition) is 5. The third-order valence-electron chi connectivity index (χ3n) is 8.06. The second kappa shape index (κ2) is 14.4. The molecule has 1 atom stereocenters. The molecule has 0 spiro atoms. The van der Waals surface area contributed by atoms with E-state index in [4.69, 9.17) is 4.74 Å². The second-order valence-corrected chi connectivity index (χ2v) is 13.3. The Hall–Kier alpha value is -4.63. The lowest BCUT2D eigenvalue weighted by molar-refractivity contribution is -0.139. The zero-order valence-corrected chi connectivity index (χ0v) is 26.5. The number of carbonyl (C=O) groups is 2. The predicted octanol–water partition coefficient (Wildman–Crippen LogP) is 6.46. The zero-order chi connectivity index (χ0) is 31.8. The van der Waals surface area contributed by atoms with Crippen molar-refractivity contribution in [1.82, 2.24) is 10.2 Å². The fraction of sp³-hybridized carbons (Fsp3) is 0.278. The van der Waals surface area contributed by atoms with Crippen LogP contribution in [0.25, 0.3) is 0 Å². The van der Waals surface area contributed by atoms with E-state index in [1.165, 1.54) is 17.0 Å². The Kier molecular flexibility index (Phi) is 10.2. The van der Waals surface area contributed by atoms with Gasteiger partial charge in [-0.15, -0.1) is 0 Å². The maximum atomic E-state index is 14.2. The first-order valence-electron chi connectivity index (χ1n) is 15.3. The molecule has 1 N–H and O–H groups in total. The number of aryl methyl sites for hydroxylation is 1. The highest BCUT2D eigenvalue weighted by molar-refractivity contribution is 7.92. The van der Waals surface area contributed by atoms with Gasteiger partial charge in [0, 0.05) is 12.6 Å². The van der Waals surface area contributed by atoms with E-state index in [1.54, 1.807) is 49.4 Å². The molecule has 234 valence electrons. The van der Waals surface area contributed by atoms with Crippen LogP contribution in [0.5, 0.6) is 11.5 Å². The number of anilines is 1. The van der Waals surface area contributed by atoms with Crippen LogP contribution in [0.3, 0.4) is 0 Å². The van der Waals surface area contributed by atoms with Gasteiger partial charge in [-0.3, -0.25) is 13.9 Å². The molecule has 0 aromatic heterocycles. The molecule has 4 aromatic carbocycles. The third kappa shape index (κ3) is 8.10. The van der Waals surface area contributed by atoms with Gasteiger partial charge in [-0.25, -0.2) is 8.42 Å². The first kappa shape index (κ1) is 31.8. The molecule has 0 saturated heterocycles. The van der Waals surface area contributed by atoms with Gasteiger partial charge in [0.25, 0.3) is 10.0 Å². The lowest BCUT2D eigenvalue weighted by Gasteiger charge is -2.32. The number of amides is 2. The van der Waals surface area contributed by atoms with Crippen LogP contribution in [0, 0.1) is 6.92 Å². The highest BCUT2D eigenvalue weighted by atomic mass is 32.2. The van der Waals surface area contributed by atoms with Crippen LogP contribution in [0.15, 0.2) is 114 Å². The van der Waals surface area contributed by atoms with Crippen molar-refractivity contribution in [3.8, 4) is 11.5 Å². The van der Waals surface area contributed by atoms with Gasteiger partial charge in [0.05, 0.1) is 10.6 Å². The fourth-order valence-corrected chi connectivity index (χ4v) is 6.85. The Bertz CT molecular complexity index is 1670. The first-order chi connectivity index (χ1) is 21.7. The molecule has 1 unspecified atom stereocenters. The molecule has 0 radical (unpaired) electrons. The molecule has 5 rings (SSSR count). The largest absolute Gasteiger partial charge is 0.457 e. The third-order valence-corrected chi connectivity index (χ3v) is 9.84. The minimum Gasteiger partial charge on any atom is -0.457 e. The van der Waals surface area contributed by atoms with Gasteiger partial charge in [-0.05, 0) is 80.8 Å². The molecular formula is C36H39N3O5S. The van der Waals surface area contributed by atoms with Crippen molar-refractivity contribution in [2.75, 3.05) is 10.8 Å². The molecule has 9 heteroatoms. The SMILES string of the molecule is Cc1ccc(CN(C(=O)CN(c2ccc(Oc3ccccc3)cc2)S(=O)(=O)c2ccccc2)C(C)C(=O)NC2CCCC2)cc1. The number of ether oxygens (including phenoxy) is 1. The molecule has 8 nitrogen and oxygen atoms in total. The summed E-state index contributed by atoms with van der Waals surface area (Å²) in [6.45, 7) is 3.33. The number of sulfonamides is 1. The van der Waals surface area contributed by atoms with Gasteiger partial charge in [0.2, 0.25) is 11.8 Å². The number of rotatable bonds is 12. The molecule has 0 heterocycles. The number of hydrogen-bond donors (Lipinski definition) is 1. The monoisotopic (exact) mass is 625 g/mol. The number of benzene rings is 4. The van der Waals surface area contributed by atoms with Crippen molar-refractivity contribution in [2.24, 2.45) is 0 Å². The standard InChI is InChI=1S/C36H39N3O5S/c1-27-17-19-29(20-18-27)25-38(28(2)36(41)37-30-11-9-10-12-30)35(40)26-39(45(42,43)34-15-7-4-8-16-34)31-21-23-33(24-22-31)44-32-13-5-3-6-14-32/h3-8,13-24,28,30H,9-12,25-26H2,1-2H3,(H,37,41). The molecule has 1 fully saturated rings. The molecule has 0 bridgehead atoms. The van der Waals surface area contributed by atoms with Gasteiger partial charge >= 0.3 is 0 Å². The van der Waals surface area contributed by atoms with Crippen LogP contribution in [0.2, 0.25) is 0 Å². The molecule has 45 heavy (non-hydrogen) atoms. The van der Waals surface area contributed by atoms with E-state index in [9.17, 15) is 18.0 Å². The van der Waals surface area contributed by atoms with Crippen molar-refractivity contribution in [2.45, 2.75) is 63.1 Å². The van der Waals surface area contributed by atoms with Crippen LogP contribution < -0.4 is 14.4 Å². The summed E-state index contributed by atoms with van der Waals surface area (Å²) >= 11 is 0. The Labute approximate surface area is 265 Å². The van der Waals surface area contributed by atoms with Crippen molar-refractivity contribution in [3.05, 3.63) is 120 Å². The van der Waals surface area contributed by atoms with Crippen LogP contribution in [-0.2, 0) is 26.2 Å². The number of carbonyl (C=O) groups excluding carboxylic acids is 2. The summed E-state index contributed by atoms with van der Waals surface area (Å²) in [4.78, 5) is 29.1. The Morgan fingerprint density at radius 2 is 1.40 bits per heavy atom. The van der Waals surface area contributed by atoms with Gasteiger partial charge in [0.15, 0.2) is 0 Å². The first-order valence-corrected chi connectivity index (χ1v) is 16.7. The molecule has 1 aliphatic carbocycles. The highest BCUT2D eigenvalue weighted by Gasteiger charge is 2.33. The van der Waals surface area contributed by atoms with E-state index in [1.807, 2.05) is 61.5 Å². The zero-order valence-electron chi connectivity index (χ0n) is 25.6. The molecular weight excluding hydrogens is 586 g/mol. The smallest absolute Gasteiger partial charge is 0.264 e. The van der Waals surface area contributed by atoms with Gasteiger partial charge in [0.1, 0.15) is 24.1 Å².